The fourth-order valence-corrected chi connectivity index (χ4v) is 4.45. The highest BCUT2D eigenvalue weighted by molar-refractivity contribution is 7.92. The first kappa shape index (κ1) is 24.9. The van der Waals surface area contributed by atoms with Gasteiger partial charge in [0.25, 0.3) is 5.91 Å². The molecule has 0 aliphatic carbocycles. The van der Waals surface area contributed by atoms with Crippen molar-refractivity contribution in [3.8, 4) is 5.75 Å². The molecule has 0 atom stereocenters. The molecule has 3 rings (SSSR count). The van der Waals surface area contributed by atoms with Crippen molar-refractivity contribution in [2.45, 2.75) is 13.5 Å². The lowest BCUT2D eigenvalue weighted by molar-refractivity contribution is 0.0947. The number of hydrogen-bond donors (Lipinski definition) is 1. The first-order valence-electron chi connectivity index (χ1n) is 10.1. The molecule has 3 aromatic rings. The third-order valence-electron chi connectivity index (χ3n) is 4.77. The normalized spacial score (nSPS) is 11.2. The van der Waals surface area contributed by atoms with Crippen LogP contribution in [0.25, 0.3) is 0 Å². The van der Waals surface area contributed by atoms with Gasteiger partial charge in [0, 0.05) is 10.6 Å². The molecule has 0 heterocycles. The predicted octanol–water partition coefficient (Wildman–Crippen LogP) is 5.08. The van der Waals surface area contributed by atoms with Gasteiger partial charge < -0.3 is 10.1 Å². The number of aryl methyl sites for hydroxylation is 1. The first-order chi connectivity index (χ1) is 15.6. The molecular formula is C24H24Cl2N2O4S. The Bertz CT molecular complexity index is 1230. The second-order valence-electron chi connectivity index (χ2n) is 7.48. The van der Waals surface area contributed by atoms with E-state index in [1.807, 2.05) is 31.2 Å². The molecule has 0 saturated carbocycles. The van der Waals surface area contributed by atoms with Crippen molar-refractivity contribution in [2.75, 3.05) is 23.7 Å². The number of carbonyl (C=O) groups excluding carboxylic acids is 1. The van der Waals surface area contributed by atoms with Gasteiger partial charge in [-0.3, -0.25) is 9.10 Å². The van der Waals surface area contributed by atoms with E-state index in [0.29, 0.717) is 35.0 Å². The average molecular weight is 507 g/mol. The van der Waals surface area contributed by atoms with E-state index in [4.69, 9.17) is 27.9 Å². The number of nitrogens with zero attached hydrogens (tertiary/aromatic N) is 1. The maximum atomic E-state index is 12.4. The van der Waals surface area contributed by atoms with Gasteiger partial charge in [-0.05, 0) is 60.5 Å². The largest absolute Gasteiger partial charge is 0.492 e. The zero-order valence-electron chi connectivity index (χ0n) is 18.2. The maximum absolute atomic E-state index is 12.4. The fraction of sp³-hybridized carbons (Fsp3) is 0.208. The molecule has 1 N–H and O–H groups in total. The van der Waals surface area contributed by atoms with Gasteiger partial charge in [0.1, 0.15) is 12.4 Å². The Labute approximate surface area is 204 Å². The topological polar surface area (TPSA) is 75.7 Å². The Balaban J connectivity index is 1.61. The van der Waals surface area contributed by atoms with Crippen LogP contribution in [0.3, 0.4) is 0 Å². The second-order valence-corrected chi connectivity index (χ2v) is 10.2. The summed E-state index contributed by atoms with van der Waals surface area (Å²) in [5.74, 6) is 0.510. The minimum atomic E-state index is -3.63. The van der Waals surface area contributed by atoms with Crippen molar-refractivity contribution in [2.24, 2.45) is 0 Å². The Kier molecular flexibility index (Phi) is 8.24. The van der Waals surface area contributed by atoms with Gasteiger partial charge in [-0.2, -0.15) is 0 Å². The van der Waals surface area contributed by atoms with Gasteiger partial charge in [0.05, 0.1) is 30.1 Å². The van der Waals surface area contributed by atoms with Crippen molar-refractivity contribution < 1.29 is 17.9 Å². The van der Waals surface area contributed by atoms with Gasteiger partial charge >= 0.3 is 0 Å². The van der Waals surface area contributed by atoms with Crippen molar-refractivity contribution in [1.29, 1.82) is 0 Å². The number of rotatable bonds is 9. The number of benzene rings is 3. The van der Waals surface area contributed by atoms with Crippen LogP contribution < -0.4 is 14.4 Å². The molecule has 0 bridgehead atoms. The van der Waals surface area contributed by atoms with Crippen LogP contribution in [0.2, 0.25) is 10.0 Å². The lowest BCUT2D eigenvalue weighted by atomic mass is 10.1. The molecule has 0 aliphatic rings. The zero-order valence-corrected chi connectivity index (χ0v) is 20.5. The molecule has 3 aromatic carbocycles. The molecule has 0 aliphatic heterocycles. The lowest BCUT2D eigenvalue weighted by Gasteiger charge is -2.24. The van der Waals surface area contributed by atoms with Crippen LogP contribution in [0.5, 0.6) is 5.75 Å². The highest BCUT2D eigenvalue weighted by Gasteiger charge is 2.21. The van der Waals surface area contributed by atoms with E-state index in [0.717, 1.165) is 17.6 Å². The van der Waals surface area contributed by atoms with E-state index >= 15 is 0 Å². The monoisotopic (exact) mass is 506 g/mol. The summed E-state index contributed by atoms with van der Waals surface area (Å²) in [7, 11) is -3.63. The molecule has 1 amide bonds. The Morgan fingerprint density at radius 1 is 1.03 bits per heavy atom. The lowest BCUT2D eigenvalue weighted by Crippen LogP contribution is -2.30. The van der Waals surface area contributed by atoms with Crippen molar-refractivity contribution in [1.82, 2.24) is 5.32 Å². The minimum absolute atomic E-state index is 0.0468. The van der Waals surface area contributed by atoms with Gasteiger partial charge in [0.2, 0.25) is 10.0 Å². The summed E-state index contributed by atoms with van der Waals surface area (Å²) in [4.78, 5) is 12.4. The van der Waals surface area contributed by atoms with Crippen LogP contribution in [0.15, 0.2) is 66.7 Å². The Hall–Kier alpha value is -2.74. The summed E-state index contributed by atoms with van der Waals surface area (Å²) in [6.45, 7) is 2.73. The summed E-state index contributed by atoms with van der Waals surface area (Å²) < 4.78 is 31.6. The number of ether oxygens (including phenoxy) is 1. The van der Waals surface area contributed by atoms with E-state index in [1.54, 1.807) is 36.4 Å². The number of carbonyl (C=O) groups is 1. The van der Waals surface area contributed by atoms with Crippen LogP contribution in [0.1, 0.15) is 21.5 Å². The Morgan fingerprint density at radius 2 is 1.76 bits per heavy atom. The van der Waals surface area contributed by atoms with Gasteiger partial charge in [-0.1, -0.05) is 47.5 Å². The summed E-state index contributed by atoms with van der Waals surface area (Å²) in [6, 6.07) is 19.0. The molecule has 0 radical (unpaired) electrons. The van der Waals surface area contributed by atoms with Crippen molar-refractivity contribution in [3.05, 3.63) is 93.5 Å². The quantitative estimate of drug-likeness (QED) is 0.410. The minimum Gasteiger partial charge on any atom is -0.492 e. The molecule has 0 fully saturated rings. The highest BCUT2D eigenvalue weighted by Crippen LogP contribution is 2.31. The summed E-state index contributed by atoms with van der Waals surface area (Å²) in [5.41, 5.74) is 2.54. The number of hydrogen-bond acceptors (Lipinski definition) is 4. The molecule has 0 saturated heterocycles. The number of nitrogens with one attached hydrogen (secondary N) is 1. The predicted molar refractivity (Wildman–Crippen MR) is 133 cm³/mol. The standard InChI is InChI=1S/C24H24Cl2N2O4S/c1-17-4-3-5-21(14-17)32-13-12-27-24(29)19-8-6-18(7-9-19)16-28(33(2,30)31)23-15-20(25)10-11-22(23)26/h3-11,14-15H,12-13,16H2,1-2H3,(H,27,29). The third kappa shape index (κ3) is 7.12. The maximum Gasteiger partial charge on any atom is 0.251 e. The molecule has 0 spiro atoms. The number of halogens is 2. The average Bonchev–Trinajstić information content (AvgIpc) is 2.76. The van der Waals surface area contributed by atoms with E-state index in [2.05, 4.69) is 5.32 Å². The molecule has 33 heavy (non-hydrogen) atoms. The van der Waals surface area contributed by atoms with Crippen LogP contribution in [0.4, 0.5) is 5.69 Å². The second kappa shape index (κ2) is 10.9. The number of amides is 1. The van der Waals surface area contributed by atoms with Crippen LogP contribution in [-0.4, -0.2) is 33.7 Å². The molecule has 0 aromatic heterocycles. The molecular weight excluding hydrogens is 483 g/mol. The summed E-state index contributed by atoms with van der Waals surface area (Å²) in [5, 5.41) is 3.45. The number of sulfonamides is 1. The fourth-order valence-electron chi connectivity index (χ4n) is 3.13. The SMILES string of the molecule is Cc1cccc(OCCNC(=O)c2ccc(CN(c3cc(Cl)ccc3Cl)S(C)(=O)=O)cc2)c1. The van der Waals surface area contributed by atoms with Gasteiger partial charge in [-0.25, -0.2) is 8.42 Å². The highest BCUT2D eigenvalue weighted by atomic mass is 35.5. The van der Waals surface area contributed by atoms with Crippen molar-refractivity contribution in [3.63, 3.8) is 0 Å². The molecule has 9 heteroatoms. The van der Waals surface area contributed by atoms with E-state index in [1.165, 1.54) is 10.4 Å². The number of anilines is 1. The molecule has 0 unspecified atom stereocenters. The molecule has 174 valence electrons. The summed E-state index contributed by atoms with van der Waals surface area (Å²) in [6.07, 6.45) is 1.10. The molecule has 6 nitrogen and oxygen atoms in total. The van der Waals surface area contributed by atoms with Gasteiger partial charge in [-0.15, -0.1) is 0 Å². The smallest absolute Gasteiger partial charge is 0.251 e. The van der Waals surface area contributed by atoms with Gasteiger partial charge in [0.15, 0.2) is 0 Å². The van der Waals surface area contributed by atoms with Crippen LogP contribution >= 0.6 is 23.2 Å². The van der Waals surface area contributed by atoms with Crippen molar-refractivity contribution >= 4 is 44.8 Å². The van der Waals surface area contributed by atoms with E-state index in [-0.39, 0.29) is 17.5 Å². The zero-order chi connectivity index (χ0) is 24.0. The first-order valence-corrected chi connectivity index (χ1v) is 12.7. The van der Waals surface area contributed by atoms with E-state index in [9.17, 15) is 13.2 Å². The van der Waals surface area contributed by atoms with E-state index < -0.39 is 10.0 Å². The van der Waals surface area contributed by atoms with Crippen LogP contribution in [-0.2, 0) is 16.6 Å². The third-order valence-corrected chi connectivity index (χ3v) is 6.45. The van der Waals surface area contributed by atoms with Crippen LogP contribution in [0, 0.1) is 6.92 Å². The summed E-state index contributed by atoms with van der Waals surface area (Å²) >= 11 is 12.2. The Morgan fingerprint density at radius 3 is 2.42 bits per heavy atom.